The number of halogens is 1. The van der Waals surface area contributed by atoms with Crippen molar-refractivity contribution in [3.8, 4) is 5.75 Å². The summed E-state index contributed by atoms with van der Waals surface area (Å²) >= 11 is 8.66. The van der Waals surface area contributed by atoms with Crippen molar-refractivity contribution < 1.29 is 9.53 Å². The van der Waals surface area contributed by atoms with Gasteiger partial charge in [0.1, 0.15) is 5.75 Å². The lowest BCUT2D eigenvalue weighted by Gasteiger charge is -2.13. The van der Waals surface area contributed by atoms with Crippen molar-refractivity contribution in [1.82, 2.24) is 5.32 Å². The van der Waals surface area contributed by atoms with Gasteiger partial charge < -0.3 is 10.1 Å². The van der Waals surface area contributed by atoms with Crippen molar-refractivity contribution in [2.75, 3.05) is 5.32 Å². The van der Waals surface area contributed by atoms with Gasteiger partial charge in [0.2, 0.25) is 0 Å². The minimum absolute atomic E-state index is 0.144. The maximum absolute atomic E-state index is 12.3. The Morgan fingerprint density at radius 3 is 2.52 bits per heavy atom. The molecule has 0 spiro atoms. The highest BCUT2D eigenvalue weighted by molar-refractivity contribution is 9.10. The van der Waals surface area contributed by atoms with Crippen LogP contribution < -0.4 is 15.4 Å². The summed E-state index contributed by atoms with van der Waals surface area (Å²) in [5.74, 6) is 0.485. The summed E-state index contributed by atoms with van der Waals surface area (Å²) in [6, 6.07) is 12.8. The number of carbonyl (C=O) groups excluding carboxylic acids is 1. The van der Waals surface area contributed by atoms with E-state index in [0.717, 1.165) is 27.9 Å². The summed E-state index contributed by atoms with van der Waals surface area (Å²) in [6.45, 7) is 6.06. The molecule has 0 saturated heterocycles. The third-order valence-electron chi connectivity index (χ3n) is 3.67. The van der Waals surface area contributed by atoms with Crippen molar-refractivity contribution in [3.63, 3.8) is 0 Å². The Morgan fingerprint density at radius 2 is 1.92 bits per heavy atom. The van der Waals surface area contributed by atoms with Gasteiger partial charge >= 0.3 is 0 Å². The van der Waals surface area contributed by atoms with Gasteiger partial charge in [0.15, 0.2) is 5.11 Å². The van der Waals surface area contributed by atoms with Crippen LogP contribution in [0, 0.1) is 6.92 Å². The van der Waals surface area contributed by atoms with E-state index in [4.69, 9.17) is 17.0 Å². The molecular formula is C19H21BrN2O2S. The lowest BCUT2D eigenvalue weighted by atomic mass is 10.2. The third kappa shape index (κ3) is 5.83. The maximum Gasteiger partial charge on any atom is 0.257 e. The topological polar surface area (TPSA) is 50.4 Å². The van der Waals surface area contributed by atoms with Gasteiger partial charge in [-0.3, -0.25) is 10.1 Å². The van der Waals surface area contributed by atoms with E-state index in [9.17, 15) is 4.79 Å². The van der Waals surface area contributed by atoms with Gasteiger partial charge in [0, 0.05) is 15.7 Å². The number of aryl methyl sites for hydroxylation is 1. The average molecular weight is 421 g/mol. The fourth-order valence-corrected chi connectivity index (χ4v) is 2.52. The van der Waals surface area contributed by atoms with Crippen LogP contribution >= 0.6 is 28.1 Å². The standard InChI is InChI=1S/C19H21BrN2O2S/c1-4-13(3)24-16-8-5-14(6-9-16)18(23)22-19(25)21-15-7-10-17(20)12(2)11-15/h5-11,13H,4H2,1-3H3,(H2,21,22,23,25). The second-order valence-corrected chi connectivity index (χ2v) is 7.00. The lowest BCUT2D eigenvalue weighted by Crippen LogP contribution is -2.34. The third-order valence-corrected chi connectivity index (χ3v) is 4.77. The number of ether oxygens (including phenoxy) is 1. The fraction of sp³-hybridized carbons (Fsp3) is 0.263. The molecule has 0 heterocycles. The summed E-state index contributed by atoms with van der Waals surface area (Å²) in [6.07, 6.45) is 1.07. The normalized spacial score (nSPS) is 11.5. The highest BCUT2D eigenvalue weighted by atomic mass is 79.9. The predicted octanol–water partition coefficient (Wildman–Crippen LogP) is 5.06. The van der Waals surface area contributed by atoms with Crippen LogP contribution in [-0.2, 0) is 0 Å². The Hall–Kier alpha value is -1.92. The second-order valence-electron chi connectivity index (χ2n) is 5.73. The molecule has 132 valence electrons. The minimum atomic E-state index is -0.263. The average Bonchev–Trinajstić information content (AvgIpc) is 2.58. The molecule has 0 aliphatic carbocycles. The van der Waals surface area contributed by atoms with E-state index in [-0.39, 0.29) is 17.1 Å². The lowest BCUT2D eigenvalue weighted by molar-refractivity contribution is 0.0977. The number of hydrogen-bond acceptors (Lipinski definition) is 3. The molecule has 0 radical (unpaired) electrons. The van der Waals surface area contributed by atoms with Crippen LogP contribution in [0.5, 0.6) is 5.75 Å². The zero-order chi connectivity index (χ0) is 18.4. The predicted molar refractivity (Wildman–Crippen MR) is 109 cm³/mol. The first-order chi connectivity index (χ1) is 11.9. The Balaban J connectivity index is 1.94. The molecule has 2 N–H and O–H groups in total. The first-order valence-corrected chi connectivity index (χ1v) is 9.24. The number of anilines is 1. The largest absolute Gasteiger partial charge is 0.491 e. The molecule has 0 bridgehead atoms. The molecule has 0 aliphatic rings. The number of thiocarbonyl (C=S) groups is 1. The van der Waals surface area contributed by atoms with E-state index in [2.05, 4.69) is 33.5 Å². The smallest absolute Gasteiger partial charge is 0.257 e. The molecule has 2 aromatic carbocycles. The van der Waals surface area contributed by atoms with E-state index >= 15 is 0 Å². The van der Waals surface area contributed by atoms with Crippen LogP contribution in [0.15, 0.2) is 46.9 Å². The van der Waals surface area contributed by atoms with Crippen molar-refractivity contribution >= 4 is 44.9 Å². The highest BCUT2D eigenvalue weighted by Gasteiger charge is 2.09. The van der Waals surface area contributed by atoms with E-state index in [1.54, 1.807) is 24.3 Å². The summed E-state index contributed by atoms with van der Waals surface area (Å²) in [5.41, 5.74) is 2.42. The molecule has 0 aliphatic heterocycles. The monoisotopic (exact) mass is 420 g/mol. The molecule has 6 heteroatoms. The maximum atomic E-state index is 12.3. The van der Waals surface area contributed by atoms with Gasteiger partial charge in [0.05, 0.1) is 6.10 Å². The number of benzene rings is 2. The zero-order valence-electron chi connectivity index (χ0n) is 14.4. The summed E-state index contributed by atoms with van der Waals surface area (Å²) in [7, 11) is 0. The van der Waals surface area contributed by atoms with Crippen molar-refractivity contribution in [3.05, 3.63) is 58.1 Å². The highest BCUT2D eigenvalue weighted by Crippen LogP contribution is 2.20. The van der Waals surface area contributed by atoms with Crippen LogP contribution in [0.2, 0.25) is 0 Å². The van der Waals surface area contributed by atoms with Crippen LogP contribution in [0.25, 0.3) is 0 Å². The number of hydrogen-bond donors (Lipinski definition) is 2. The van der Waals surface area contributed by atoms with Crippen LogP contribution in [0.1, 0.15) is 36.2 Å². The zero-order valence-corrected chi connectivity index (χ0v) is 16.8. The summed E-state index contributed by atoms with van der Waals surface area (Å²) < 4.78 is 6.73. The molecule has 2 aromatic rings. The molecule has 1 unspecified atom stereocenters. The van der Waals surface area contributed by atoms with E-state index in [0.29, 0.717) is 5.56 Å². The molecule has 0 fully saturated rings. The minimum Gasteiger partial charge on any atom is -0.491 e. The van der Waals surface area contributed by atoms with Gasteiger partial charge in [-0.25, -0.2) is 0 Å². The molecule has 4 nitrogen and oxygen atoms in total. The number of nitrogens with one attached hydrogen (secondary N) is 2. The molecule has 1 atom stereocenters. The Morgan fingerprint density at radius 1 is 1.24 bits per heavy atom. The van der Waals surface area contributed by atoms with E-state index < -0.39 is 0 Å². The Bertz CT molecular complexity index is 763. The van der Waals surface area contributed by atoms with Crippen LogP contribution in [0.4, 0.5) is 5.69 Å². The Kier molecular flexibility index (Phi) is 6.96. The van der Waals surface area contributed by atoms with E-state index in [1.807, 2.05) is 32.0 Å². The number of carbonyl (C=O) groups is 1. The summed E-state index contributed by atoms with van der Waals surface area (Å²) in [5, 5.41) is 5.94. The van der Waals surface area contributed by atoms with Crippen LogP contribution in [0.3, 0.4) is 0 Å². The van der Waals surface area contributed by atoms with Gasteiger partial charge in [-0.2, -0.15) is 0 Å². The van der Waals surface area contributed by atoms with E-state index in [1.165, 1.54) is 0 Å². The van der Waals surface area contributed by atoms with Gasteiger partial charge in [-0.1, -0.05) is 22.9 Å². The fourth-order valence-electron chi connectivity index (χ4n) is 2.06. The molecule has 0 aromatic heterocycles. The second kappa shape index (κ2) is 8.97. The first-order valence-electron chi connectivity index (χ1n) is 8.04. The quantitative estimate of drug-likeness (QED) is 0.663. The van der Waals surface area contributed by atoms with Gasteiger partial charge in [-0.15, -0.1) is 0 Å². The van der Waals surface area contributed by atoms with Crippen molar-refractivity contribution in [2.24, 2.45) is 0 Å². The SMILES string of the molecule is CCC(C)Oc1ccc(C(=O)NC(=S)Nc2ccc(Br)c(C)c2)cc1. The number of rotatable bonds is 5. The molecule has 1 amide bonds. The van der Waals surface area contributed by atoms with Crippen LogP contribution in [-0.4, -0.2) is 17.1 Å². The van der Waals surface area contributed by atoms with Gasteiger partial charge in [-0.05, 0) is 80.5 Å². The molecule has 2 rings (SSSR count). The Labute approximate surface area is 162 Å². The molecular weight excluding hydrogens is 400 g/mol. The summed E-state index contributed by atoms with van der Waals surface area (Å²) in [4.78, 5) is 12.3. The molecule has 25 heavy (non-hydrogen) atoms. The van der Waals surface area contributed by atoms with Crippen molar-refractivity contribution in [2.45, 2.75) is 33.3 Å². The molecule has 0 saturated carbocycles. The first kappa shape index (κ1) is 19.4. The van der Waals surface area contributed by atoms with Gasteiger partial charge in [0.25, 0.3) is 5.91 Å². The number of amides is 1. The van der Waals surface area contributed by atoms with Crippen molar-refractivity contribution in [1.29, 1.82) is 0 Å².